The molecule has 1 unspecified atom stereocenters. The molecule has 3 heteroatoms. The standard InChI is InChI=1S/C9H12N2O/c1-4-9(12)11-8(6-10)5-7(2)3/h1,7-8H,5H2,2-3H3,(H,11,12). The van der Waals surface area contributed by atoms with Crippen molar-refractivity contribution < 1.29 is 4.79 Å². The number of rotatable bonds is 3. The lowest BCUT2D eigenvalue weighted by Crippen LogP contribution is -2.33. The largest absolute Gasteiger partial charge is 0.329 e. The summed E-state index contributed by atoms with van der Waals surface area (Å²) in [5.74, 6) is 1.74. The minimum Gasteiger partial charge on any atom is -0.329 e. The van der Waals surface area contributed by atoms with Gasteiger partial charge in [-0.05, 0) is 18.3 Å². The van der Waals surface area contributed by atoms with Crippen molar-refractivity contribution in [3.8, 4) is 18.4 Å². The van der Waals surface area contributed by atoms with E-state index in [-0.39, 0.29) is 0 Å². The van der Waals surface area contributed by atoms with E-state index in [0.717, 1.165) is 0 Å². The summed E-state index contributed by atoms with van der Waals surface area (Å²) in [6.45, 7) is 3.96. The Morgan fingerprint density at radius 1 is 1.67 bits per heavy atom. The van der Waals surface area contributed by atoms with Gasteiger partial charge < -0.3 is 5.32 Å². The number of hydrogen-bond donors (Lipinski definition) is 1. The zero-order valence-electron chi connectivity index (χ0n) is 7.29. The van der Waals surface area contributed by atoms with Crippen LogP contribution in [0.5, 0.6) is 0 Å². The molecule has 0 aliphatic heterocycles. The van der Waals surface area contributed by atoms with Crippen LogP contribution >= 0.6 is 0 Å². The van der Waals surface area contributed by atoms with Gasteiger partial charge in [0.1, 0.15) is 6.04 Å². The smallest absolute Gasteiger partial charge is 0.296 e. The van der Waals surface area contributed by atoms with E-state index >= 15 is 0 Å². The number of nitriles is 1. The molecule has 0 aromatic heterocycles. The molecular formula is C9H12N2O. The molecule has 1 atom stereocenters. The van der Waals surface area contributed by atoms with Crippen LogP contribution in [0.15, 0.2) is 0 Å². The number of terminal acetylenes is 1. The number of carbonyl (C=O) groups is 1. The van der Waals surface area contributed by atoms with Crippen LogP contribution in [0.1, 0.15) is 20.3 Å². The van der Waals surface area contributed by atoms with Crippen molar-refractivity contribution in [1.82, 2.24) is 5.32 Å². The van der Waals surface area contributed by atoms with Crippen molar-refractivity contribution in [2.75, 3.05) is 0 Å². The molecule has 0 fully saturated rings. The number of amides is 1. The Bertz CT molecular complexity index is 232. The molecule has 0 aromatic rings. The summed E-state index contributed by atoms with van der Waals surface area (Å²) >= 11 is 0. The molecule has 0 spiro atoms. The third kappa shape index (κ3) is 4.35. The molecule has 12 heavy (non-hydrogen) atoms. The predicted octanol–water partition coefficient (Wildman–Crippen LogP) is 0.674. The summed E-state index contributed by atoms with van der Waals surface area (Å²) in [5.41, 5.74) is 0. The first-order chi connectivity index (χ1) is 5.60. The maximum absolute atomic E-state index is 10.7. The van der Waals surface area contributed by atoms with Crippen molar-refractivity contribution in [2.24, 2.45) is 5.92 Å². The number of hydrogen-bond acceptors (Lipinski definition) is 2. The van der Waals surface area contributed by atoms with E-state index in [4.69, 9.17) is 11.7 Å². The van der Waals surface area contributed by atoms with E-state index in [1.807, 2.05) is 25.8 Å². The van der Waals surface area contributed by atoms with Gasteiger partial charge in [0, 0.05) is 0 Å². The van der Waals surface area contributed by atoms with Gasteiger partial charge in [0.15, 0.2) is 0 Å². The monoisotopic (exact) mass is 164 g/mol. The molecule has 0 rings (SSSR count). The van der Waals surface area contributed by atoms with E-state index in [0.29, 0.717) is 12.3 Å². The fraction of sp³-hybridized carbons (Fsp3) is 0.556. The van der Waals surface area contributed by atoms with Crippen LogP contribution < -0.4 is 5.32 Å². The van der Waals surface area contributed by atoms with E-state index in [1.54, 1.807) is 0 Å². The molecule has 0 bridgehead atoms. The Kier molecular flexibility index (Phi) is 4.57. The van der Waals surface area contributed by atoms with Crippen molar-refractivity contribution in [3.05, 3.63) is 0 Å². The summed E-state index contributed by atoms with van der Waals surface area (Å²) in [4.78, 5) is 10.7. The first kappa shape index (κ1) is 10.5. The summed E-state index contributed by atoms with van der Waals surface area (Å²) in [6.07, 6.45) is 5.46. The normalized spacial score (nSPS) is 11.4. The molecule has 0 aromatic carbocycles. The predicted molar refractivity (Wildman–Crippen MR) is 45.8 cm³/mol. The maximum Gasteiger partial charge on any atom is 0.296 e. The molecule has 0 saturated heterocycles. The van der Waals surface area contributed by atoms with Crippen LogP contribution in [-0.4, -0.2) is 11.9 Å². The van der Waals surface area contributed by atoms with Crippen LogP contribution in [0, 0.1) is 29.6 Å². The lowest BCUT2D eigenvalue weighted by Gasteiger charge is -2.10. The lowest BCUT2D eigenvalue weighted by atomic mass is 10.1. The van der Waals surface area contributed by atoms with Crippen molar-refractivity contribution in [1.29, 1.82) is 5.26 Å². The fourth-order valence-electron chi connectivity index (χ4n) is 0.815. The molecule has 0 aliphatic carbocycles. The zero-order chi connectivity index (χ0) is 9.56. The first-order valence-corrected chi connectivity index (χ1v) is 3.76. The van der Waals surface area contributed by atoms with Crippen LogP contribution in [0.3, 0.4) is 0 Å². The minimum absolute atomic E-state index is 0.368. The summed E-state index contributed by atoms with van der Waals surface area (Å²) < 4.78 is 0. The second-order valence-corrected chi connectivity index (χ2v) is 2.93. The van der Waals surface area contributed by atoms with Gasteiger partial charge in [-0.2, -0.15) is 5.26 Å². The van der Waals surface area contributed by atoms with Crippen molar-refractivity contribution in [2.45, 2.75) is 26.3 Å². The first-order valence-electron chi connectivity index (χ1n) is 3.76. The van der Waals surface area contributed by atoms with Gasteiger partial charge in [-0.25, -0.2) is 0 Å². The average Bonchev–Trinajstić information content (AvgIpc) is 2.02. The number of nitrogens with one attached hydrogen (secondary N) is 1. The van der Waals surface area contributed by atoms with Crippen LogP contribution in [0.4, 0.5) is 0 Å². The van der Waals surface area contributed by atoms with Gasteiger partial charge in [0.2, 0.25) is 0 Å². The van der Waals surface area contributed by atoms with Crippen molar-refractivity contribution in [3.63, 3.8) is 0 Å². The van der Waals surface area contributed by atoms with Gasteiger partial charge in [-0.15, -0.1) is 6.42 Å². The highest BCUT2D eigenvalue weighted by atomic mass is 16.1. The van der Waals surface area contributed by atoms with Crippen LogP contribution in [0.25, 0.3) is 0 Å². The molecular weight excluding hydrogens is 152 g/mol. The molecule has 0 aliphatic rings. The number of carbonyl (C=O) groups excluding carboxylic acids is 1. The molecule has 1 amide bonds. The van der Waals surface area contributed by atoms with Gasteiger partial charge in [0.25, 0.3) is 5.91 Å². The minimum atomic E-state index is -0.526. The third-order valence-corrected chi connectivity index (χ3v) is 1.30. The number of nitrogens with zero attached hydrogens (tertiary/aromatic N) is 1. The van der Waals surface area contributed by atoms with E-state index in [1.165, 1.54) is 0 Å². The molecule has 64 valence electrons. The Morgan fingerprint density at radius 2 is 2.25 bits per heavy atom. The van der Waals surface area contributed by atoms with Gasteiger partial charge in [0.05, 0.1) is 6.07 Å². The summed E-state index contributed by atoms with van der Waals surface area (Å²) in [5, 5.41) is 11.0. The average molecular weight is 164 g/mol. The van der Waals surface area contributed by atoms with Crippen molar-refractivity contribution >= 4 is 5.91 Å². The summed E-state index contributed by atoms with van der Waals surface area (Å²) in [6, 6.07) is 1.51. The highest BCUT2D eigenvalue weighted by Gasteiger charge is 2.10. The molecule has 0 saturated carbocycles. The SMILES string of the molecule is C#CC(=O)NC(C#N)CC(C)C. The lowest BCUT2D eigenvalue weighted by molar-refractivity contribution is -0.116. The maximum atomic E-state index is 10.7. The van der Waals surface area contributed by atoms with E-state index in [2.05, 4.69) is 5.32 Å². The molecule has 0 radical (unpaired) electrons. The molecule has 3 nitrogen and oxygen atoms in total. The Morgan fingerprint density at radius 3 is 2.58 bits per heavy atom. The highest BCUT2D eigenvalue weighted by molar-refractivity contribution is 5.93. The second kappa shape index (κ2) is 5.21. The van der Waals surface area contributed by atoms with Gasteiger partial charge in [-0.1, -0.05) is 13.8 Å². The second-order valence-electron chi connectivity index (χ2n) is 2.93. The van der Waals surface area contributed by atoms with E-state index in [9.17, 15) is 4.79 Å². The molecule has 0 heterocycles. The van der Waals surface area contributed by atoms with Gasteiger partial charge >= 0.3 is 0 Å². The topological polar surface area (TPSA) is 52.9 Å². The van der Waals surface area contributed by atoms with Gasteiger partial charge in [-0.3, -0.25) is 4.79 Å². The molecule has 1 N–H and O–H groups in total. The highest BCUT2D eigenvalue weighted by Crippen LogP contribution is 2.03. The van der Waals surface area contributed by atoms with E-state index < -0.39 is 11.9 Å². The Labute approximate surface area is 72.8 Å². The zero-order valence-corrected chi connectivity index (χ0v) is 7.29. The Hall–Kier alpha value is -1.48. The fourth-order valence-corrected chi connectivity index (χ4v) is 0.815. The third-order valence-electron chi connectivity index (χ3n) is 1.30. The van der Waals surface area contributed by atoms with Crippen LogP contribution in [0.2, 0.25) is 0 Å². The Balaban J connectivity index is 3.96. The summed E-state index contributed by atoms with van der Waals surface area (Å²) in [7, 11) is 0. The quantitative estimate of drug-likeness (QED) is 0.623. The van der Waals surface area contributed by atoms with Crippen LogP contribution in [-0.2, 0) is 4.79 Å².